The molecular formula is C11H16N2O4S. The van der Waals surface area contributed by atoms with Crippen LogP contribution in [0, 0.1) is 23.0 Å². The van der Waals surface area contributed by atoms with Crippen LogP contribution < -0.4 is 4.72 Å². The van der Waals surface area contributed by atoms with E-state index in [0.29, 0.717) is 5.56 Å². The lowest BCUT2D eigenvalue weighted by Gasteiger charge is -2.11. The van der Waals surface area contributed by atoms with Gasteiger partial charge in [-0.3, -0.25) is 10.1 Å². The molecule has 6 nitrogen and oxygen atoms in total. The van der Waals surface area contributed by atoms with Crippen molar-refractivity contribution in [1.29, 1.82) is 0 Å². The van der Waals surface area contributed by atoms with E-state index in [1.807, 2.05) is 13.8 Å². The number of benzene rings is 1. The van der Waals surface area contributed by atoms with Gasteiger partial charge in [-0.05, 0) is 18.4 Å². The Morgan fingerprint density at radius 2 is 2.00 bits per heavy atom. The van der Waals surface area contributed by atoms with Crippen molar-refractivity contribution in [2.45, 2.75) is 25.7 Å². The summed E-state index contributed by atoms with van der Waals surface area (Å²) in [5, 5.41) is 10.9. The van der Waals surface area contributed by atoms with Gasteiger partial charge in [-0.1, -0.05) is 26.0 Å². The van der Waals surface area contributed by atoms with Crippen molar-refractivity contribution in [3.63, 3.8) is 0 Å². The first-order valence-corrected chi connectivity index (χ1v) is 6.97. The van der Waals surface area contributed by atoms with Crippen LogP contribution in [-0.4, -0.2) is 19.9 Å². The fourth-order valence-corrected chi connectivity index (χ4v) is 3.09. The largest absolute Gasteiger partial charge is 0.289 e. The van der Waals surface area contributed by atoms with Gasteiger partial charge in [0.25, 0.3) is 5.69 Å². The molecule has 0 aliphatic rings. The maximum atomic E-state index is 12.1. The Bertz CT molecular complexity index is 552. The van der Waals surface area contributed by atoms with Crippen LogP contribution in [0.25, 0.3) is 0 Å². The molecule has 1 rings (SSSR count). The third kappa shape index (κ3) is 3.27. The lowest BCUT2D eigenvalue weighted by atomic mass is 10.2. The number of nitrogens with one attached hydrogen (secondary N) is 1. The Hall–Kier alpha value is -1.47. The van der Waals surface area contributed by atoms with E-state index in [4.69, 9.17) is 0 Å². The van der Waals surface area contributed by atoms with E-state index in [1.165, 1.54) is 25.1 Å². The zero-order valence-corrected chi connectivity index (χ0v) is 11.3. The third-order valence-corrected chi connectivity index (χ3v) is 3.95. The van der Waals surface area contributed by atoms with Crippen LogP contribution in [0.15, 0.2) is 23.1 Å². The first-order valence-electron chi connectivity index (χ1n) is 5.49. The average Bonchev–Trinajstić information content (AvgIpc) is 2.25. The Morgan fingerprint density at radius 3 is 2.50 bits per heavy atom. The van der Waals surface area contributed by atoms with Crippen molar-refractivity contribution in [1.82, 2.24) is 4.72 Å². The molecule has 0 atom stereocenters. The van der Waals surface area contributed by atoms with Gasteiger partial charge >= 0.3 is 0 Å². The summed E-state index contributed by atoms with van der Waals surface area (Å²) in [4.78, 5) is 9.93. The Morgan fingerprint density at radius 1 is 1.39 bits per heavy atom. The lowest BCUT2D eigenvalue weighted by Crippen LogP contribution is -2.28. The zero-order valence-electron chi connectivity index (χ0n) is 10.5. The summed E-state index contributed by atoms with van der Waals surface area (Å²) >= 11 is 0. The molecule has 1 aromatic rings. The maximum Gasteiger partial charge on any atom is 0.289 e. The quantitative estimate of drug-likeness (QED) is 0.654. The highest BCUT2D eigenvalue weighted by Crippen LogP contribution is 2.26. The molecule has 0 spiro atoms. The van der Waals surface area contributed by atoms with Crippen LogP contribution in [0.1, 0.15) is 19.4 Å². The van der Waals surface area contributed by atoms with Gasteiger partial charge < -0.3 is 0 Å². The zero-order chi connectivity index (χ0) is 13.9. The standard InChI is InChI=1S/C11H16N2O4S/c1-8(2)7-12-18(16,17)11-9(3)5-4-6-10(11)13(14)15/h4-6,8,12H,7H2,1-3H3. The van der Waals surface area contributed by atoms with Crippen LogP contribution in [0.2, 0.25) is 0 Å². The molecule has 0 unspecified atom stereocenters. The Kier molecular flexibility index (Phi) is 4.42. The fraction of sp³-hybridized carbons (Fsp3) is 0.455. The van der Waals surface area contributed by atoms with Gasteiger partial charge in [-0.15, -0.1) is 0 Å². The summed E-state index contributed by atoms with van der Waals surface area (Å²) in [6.07, 6.45) is 0. The molecule has 100 valence electrons. The highest BCUT2D eigenvalue weighted by Gasteiger charge is 2.27. The number of nitro groups is 1. The van der Waals surface area contributed by atoms with Gasteiger partial charge in [0.1, 0.15) is 0 Å². The van der Waals surface area contributed by atoms with Crippen molar-refractivity contribution >= 4 is 15.7 Å². The second-order valence-corrected chi connectivity index (χ2v) is 6.13. The van der Waals surface area contributed by atoms with Gasteiger partial charge in [0.2, 0.25) is 10.0 Å². The Labute approximate surface area is 106 Å². The molecule has 0 amide bonds. The van der Waals surface area contributed by atoms with Gasteiger partial charge in [0, 0.05) is 12.6 Å². The van der Waals surface area contributed by atoms with E-state index in [-0.39, 0.29) is 17.4 Å². The highest BCUT2D eigenvalue weighted by molar-refractivity contribution is 7.89. The molecular weight excluding hydrogens is 256 g/mol. The second kappa shape index (κ2) is 5.45. The van der Waals surface area contributed by atoms with Crippen LogP contribution in [-0.2, 0) is 10.0 Å². The van der Waals surface area contributed by atoms with Crippen LogP contribution >= 0.6 is 0 Å². The maximum absolute atomic E-state index is 12.1. The molecule has 1 aromatic carbocycles. The van der Waals surface area contributed by atoms with Crippen molar-refractivity contribution < 1.29 is 13.3 Å². The smallest absolute Gasteiger partial charge is 0.258 e. The number of hydrogen-bond acceptors (Lipinski definition) is 4. The first-order chi connectivity index (χ1) is 8.25. The predicted octanol–water partition coefficient (Wildman–Crippen LogP) is 1.84. The predicted molar refractivity (Wildman–Crippen MR) is 67.9 cm³/mol. The van der Waals surface area contributed by atoms with Crippen LogP contribution in [0.5, 0.6) is 0 Å². The summed E-state index contributed by atoms with van der Waals surface area (Å²) in [6.45, 7) is 5.49. The van der Waals surface area contributed by atoms with Crippen molar-refractivity contribution in [3.05, 3.63) is 33.9 Å². The SMILES string of the molecule is Cc1cccc([N+](=O)[O-])c1S(=O)(=O)NCC(C)C. The van der Waals surface area contributed by atoms with Crippen LogP contribution in [0.3, 0.4) is 0 Å². The summed E-state index contributed by atoms with van der Waals surface area (Å²) in [7, 11) is -3.85. The van der Waals surface area contributed by atoms with E-state index >= 15 is 0 Å². The lowest BCUT2D eigenvalue weighted by molar-refractivity contribution is -0.387. The van der Waals surface area contributed by atoms with Gasteiger partial charge in [0.05, 0.1) is 4.92 Å². The number of nitro benzene ring substituents is 1. The number of nitrogens with zero attached hydrogens (tertiary/aromatic N) is 1. The molecule has 0 aliphatic heterocycles. The van der Waals surface area contributed by atoms with E-state index < -0.39 is 20.6 Å². The first kappa shape index (κ1) is 14.6. The molecule has 18 heavy (non-hydrogen) atoms. The van der Waals surface area contributed by atoms with Crippen molar-refractivity contribution in [2.24, 2.45) is 5.92 Å². The molecule has 0 aromatic heterocycles. The van der Waals surface area contributed by atoms with Crippen LogP contribution in [0.4, 0.5) is 5.69 Å². The molecule has 0 aliphatic carbocycles. The number of aryl methyl sites for hydroxylation is 1. The van der Waals surface area contributed by atoms with Gasteiger partial charge in [0.15, 0.2) is 4.90 Å². The summed E-state index contributed by atoms with van der Waals surface area (Å²) in [5.41, 5.74) is -0.0355. The van der Waals surface area contributed by atoms with Crippen molar-refractivity contribution in [3.8, 4) is 0 Å². The van der Waals surface area contributed by atoms with Crippen molar-refractivity contribution in [2.75, 3.05) is 6.54 Å². The Balaban J connectivity index is 3.27. The topological polar surface area (TPSA) is 89.3 Å². The van der Waals surface area contributed by atoms with E-state index in [2.05, 4.69) is 4.72 Å². The number of hydrogen-bond donors (Lipinski definition) is 1. The normalized spacial score (nSPS) is 11.8. The summed E-state index contributed by atoms with van der Waals surface area (Å²) < 4.78 is 26.5. The molecule has 0 heterocycles. The molecule has 0 saturated carbocycles. The molecule has 0 saturated heterocycles. The minimum absolute atomic E-state index is 0.128. The van der Waals surface area contributed by atoms with E-state index in [0.717, 1.165) is 0 Å². The minimum atomic E-state index is -3.85. The number of sulfonamides is 1. The molecule has 0 bridgehead atoms. The van der Waals surface area contributed by atoms with Gasteiger partial charge in [-0.25, -0.2) is 13.1 Å². The fourth-order valence-electron chi connectivity index (χ4n) is 1.48. The summed E-state index contributed by atoms with van der Waals surface area (Å²) in [6, 6.07) is 4.20. The third-order valence-electron chi connectivity index (χ3n) is 2.34. The second-order valence-electron chi connectivity index (χ2n) is 4.43. The van der Waals surface area contributed by atoms with E-state index in [9.17, 15) is 18.5 Å². The highest BCUT2D eigenvalue weighted by atomic mass is 32.2. The summed E-state index contributed by atoms with van der Waals surface area (Å²) in [5.74, 6) is 0.128. The average molecular weight is 272 g/mol. The minimum Gasteiger partial charge on any atom is -0.258 e. The number of rotatable bonds is 5. The monoisotopic (exact) mass is 272 g/mol. The molecule has 7 heteroatoms. The molecule has 1 N–H and O–H groups in total. The molecule has 0 fully saturated rings. The molecule has 0 radical (unpaired) electrons. The van der Waals surface area contributed by atoms with E-state index in [1.54, 1.807) is 0 Å². The van der Waals surface area contributed by atoms with Gasteiger partial charge in [-0.2, -0.15) is 0 Å².